The van der Waals surface area contributed by atoms with Crippen molar-refractivity contribution in [3.05, 3.63) is 17.2 Å². The Morgan fingerprint density at radius 2 is 2.22 bits per heavy atom. The number of aromatic nitrogens is 3. The summed E-state index contributed by atoms with van der Waals surface area (Å²) in [7, 11) is 0. The zero-order valence-corrected chi connectivity index (χ0v) is 17.9. The highest BCUT2D eigenvalue weighted by Gasteiger charge is 2.56. The number of hydrogen-bond donors (Lipinski definition) is 0. The molecule has 4 aliphatic rings. The molecule has 1 aliphatic carbocycles. The highest BCUT2D eigenvalue weighted by atomic mass is 35.5. The molecule has 6 rings (SSSR count). The fraction of sp³-hybridized carbons (Fsp3) is 0.667. The van der Waals surface area contributed by atoms with E-state index in [4.69, 9.17) is 23.8 Å². The Morgan fingerprint density at radius 1 is 1.34 bits per heavy atom. The van der Waals surface area contributed by atoms with Crippen LogP contribution in [0.1, 0.15) is 22.0 Å². The maximum absolute atomic E-state index is 15.0. The number of rotatable bonds is 4. The highest BCUT2D eigenvalue weighted by Crippen LogP contribution is 2.45. The average molecular weight is 472 g/mol. The number of halogens is 4. The van der Waals surface area contributed by atoms with Gasteiger partial charge in [-0.1, -0.05) is 11.6 Å². The molecule has 5 heterocycles. The molecule has 11 heteroatoms. The van der Waals surface area contributed by atoms with Crippen LogP contribution in [-0.4, -0.2) is 83.2 Å². The van der Waals surface area contributed by atoms with Crippen LogP contribution < -0.4 is 9.64 Å². The summed E-state index contributed by atoms with van der Waals surface area (Å²) in [4.78, 5) is 15.8. The fourth-order valence-electron chi connectivity index (χ4n) is 5.35. The minimum absolute atomic E-state index is 0.0126. The van der Waals surface area contributed by atoms with Gasteiger partial charge in [-0.15, -0.1) is 0 Å². The van der Waals surface area contributed by atoms with Gasteiger partial charge in [0.25, 0.3) is 0 Å². The first kappa shape index (κ1) is 18.5. The van der Waals surface area contributed by atoms with Gasteiger partial charge in [-0.25, -0.2) is 18.2 Å². The summed E-state index contributed by atoms with van der Waals surface area (Å²) in [5, 5.41) is -0.200. The van der Waals surface area contributed by atoms with E-state index in [2.05, 4.69) is 15.0 Å². The second-order valence-electron chi connectivity index (χ2n) is 8.91. The van der Waals surface area contributed by atoms with E-state index < -0.39 is 47.5 Å². The number of fused-ring (bicyclic) bond motifs is 3. The zero-order valence-electron chi connectivity index (χ0n) is 19.1. The summed E-state index contributed by atoms with van der Waals surface area (Å²) < 4.78 is 72.4. The van der Waals surface area contributed by atoms with Crippen LogP contribution in [0.25, 0.3) is 10.9 Å². The largest absolute Gasteiger partial charge is 0.461 e. The first-order valence-corrected chi connectivity index (χ1v) is 11.2. The third-order valence-corrected chi connectivity index (χ3v) is 7.25. The molecule has 0 spiro atoms. The Labute approximate surface area is 190 Å². The molecule has 2 aromatic heterocycles. The molecule has 32 heavy (non-hydrogen) atoms. The number of nitrogens with zero attached hydrogens (tertiary/aromatic N) is 5. The second kappa shape index (κ2) is 7.56. The first-order valence-electron chi connectivity index (χ1n) is 11.8. The summed E-state index contributed by atoms with van der Waals surface area (Å²) in [5.41, 5.74) is -1.37. The van der Waals surface area contributed by atoms with Gasteiger partial charge >= 0.3 is 6.01 Å². The summed E-state index contributed by atoms with van der Waals surface area (Å²) in [6, 6.07) is -0.926. The second-order valence-corrected chi connectivity index (χ2v) is 9.27. The predicted octanol–water partition coefficient (Wildman–Crippen LogP) is 2.95. The van der Waals surface area contributed by atoms with Gasteiger partial charge in [-0.2, -0.15) is 9.97 Å². The summed E-state index contributed by atoms with van der Waals surface area (Å²) in [5.74, 6) is -1.07. The Hall–Kier alpha value is -1.91. The standard InChI is InChI=1S/C21H23ClF3N5O2/c22-18-15(25)16-12(7-26-18)19(30-4-5-31-9-13-14(24)17(13)30)28-20(27-16)32-10-21-2-1-3-29(21)8-11(23)6-21/h7,11,13-14,17H,1-6,8-10H2/t11-,13+,14+,17?,21+/m1/s1/i10D2. The SMILES string of the molecule is [2H]C([2H])(Oc1nc(N2CCOC[C@@H]3C2[C@H]3F)c2cnc(Cl)c(F)c2n1)[C@@]12CCCN1C[C@H](F)C2. The van der Waals surface area contributed by atoms with Crippen molar-refractivity contribution >= 4 is 28.3 Å². The number of pyridine rings is 1. The lowest BCUT2D eigenvalue weighted by atomic mass is 9.95. The van der Waals surface area contributed by atoms with Crippen LogP contribution in [0.5, 0.6) is 6.01 Å². The molecule has 7 nitrogen and oxygen atoms in total. The normalized spacial score (nSPS) is 35.8. The Kier molecular flexibility index (Phi) is 4.37. The smallest absolute Gasteiger partial charge is 0.319 e. The first-order chi connectivity index (χ1) is 16.2. The predicted molar refractivity (Wildman–Crippen MR) is 111 cm³/mol. The van der Waals surface area contributed by atoms with E-state index >= 15 is 0 Å². The molecule has 1 unspecified atom stereocenters. The fourth-order valence-corrected chi connectivity index (χ4v) is 5.49. The molecule has 0 aromatic carbocycles. The van der Waals surface area contributed by atoms with Crippen LogP contribution in [0.4, 0.5) is 19.0 Å². The highest BCUT2D eigenvalue weighted by molar-refractivity contribution is 6.30. The van der Waals surface area contributed by atoms with Crippen LogP contribution in [0.2, 0.25) is 5.15 Å². The number of ether oxygens (including phenoxy) is 2. The van der Waals surface area contributed by atoms with E-state index in [9.17, 15) is 13.2 Å². The molecule has 3 aliphatic heterocycles. The van der Waals surface area contributed by atoms with Gasteiger partial charge in [0.15, 0.2) is 11.0 Å². The molecule has 0 bridgehead atoms. The lowest BCUT2D eigenvalue weighted by molar-refractivity contribution is 0.107. The molecule has 0 radical (unpaired) electrons. The molecule has 2 aromatic rings. The average Bonchev–Trinajstić information content (AvgIpc) is 3.14. The molecule has 0 N–H and O–H groups in total. The topological polar surface area (TPSA) is 63.6 Å². The van der Waals surface area contributed by atoms with Gasteiger partial charge in [-0.05, 0) is 19.4 Å². The van der Waals surface area contributed by atoms with E-state index in [1.807, 2.05) is 0 Å². The molecule has 172 valence electrons. The number of alkyl halides is 2. The maximum Gasteiger partial charge on any atom is 0.319 e. The van der Waals surface area contributed by atoms with Crippen LogP contribution in [0, 0.1) is 11.7 Å². The van der Waals surface area contributed by atoms with E-state index in [-0.39, 0.29) is 42.2 Å². The molecule has 4 fully saturated rings. The van der Waals surface area contributed by atoms with E-state index in [1.54, 1.807) is 9.80 Å². The van der Waals surface area contributed by atoms with Crippen molar-refractivity contribution in [3.63, 3.8) is 0 Å². The Morgan fingerprint density at radius 3 is 3.09 bits per heavy atom. The van der Waals surface area contributed by atoms with Crippen LogP contribution >= 0.6 is 11.6 Å². The molecular weight excluding hydrogens is 447 g/mol. The zero-order chi connectivity index (χ0) is 23.8. The lowest BCUT2D eigenvalue weighted by Crippen LogP contribution is -2.43. The lowest BCUT2D eigenvalue weighted by Gasteiger charge is -2.31. The molecular formula is C21H23ClF3N5O2. The van der Waals surface area contributed by atoms with Crippen molar-refractivity contribution in [2.45, 2.75) is 43.2 Å². The van der Waals surface area contributed by atoms with E-state index in [0.717, 1.165) is 0 Å². The van der Waals surface area contributed by atoms with Gasteiger partial charge in [0, 0.05) is 31.6 Å². The third-order valence-electron chi connectivity index (χ3n) is 6.99. The van der Waals surface area contributed by atoms with Gasteiger partial charge in [0.2, 0.25) is 0 Å². The maximum atomic E-state index is 15.0. The van der Waals surface area contributed by atoms with Crippen LogP contribution in [0.15, 0.2) is 6.20 Å². The molecule has 0 amide bonds. The van der Waals surface area contributed by atoms with Gasteiger partial charge in [0.05, 0.1) is 32.9 Å². The number of anilines is 1. The summed E-state index contributed by atoms with van der Waals surface area (Å²) in [6.07, 6.45) is 0.136. The Bertz CT molecular complexity index is 1150. The summed E-state index contributed by atoms with van der Waals surface area (Å²) >= 11 is 5.89. The van der Waals surface area contributed by atoms with Crippen molar-refractivity contribution in [3.8, 4) is 6.01 Å². The monoisotopic (exact) mass is 471 g/mol. The molecule has 1 saturated carbocycles. The van der Waals surface area contributed by atoms with Crippen molar-refractivity contribution in [2.24, 2.45) is 5.92 Å². The number of hydrogen-bond acceptors (Lipinski definition) is 7. The summed E-state index contributed by atoms with van der Waals surface area (Å²) in [6.45, 7) is -0.754. The van der Waals surface area contributed by atoms with E-state index in [0.29, 0.717) is 32.5 Å². The minimum Gasteiger partial charge on any atom is -0.461 e. The van der Waals surface area contributed by atoms with Crippen LogP contribution in [0.3, 0.4) is 0 Å². The van der Waals surface area contributed by atoms with Gasteiger partial charge in [-0.3, -0.25) is 4.90 Å². The van der Waals surface area contributed by atoms with Gasteiger partial charge < -0.3 is 14.4 Å². The van der Waals surface area contributed by atoms with Crippen molar-refractivity contribution in [1.82, 2.24) is 19.9 Å². The Balaban J connectivity index is 1.44. The minimum atomic E-state index is -2.35. The third kappa shape index (κ3) is 3.21. The van der Waals surface area contributed by atoms with Crippen molar-refractivity contribution in [2.75, 3.05) is 44.3 Å². The van der Waals surface area contributed by atoms with Crippen LogP contribution in [-0.2, 0) is 4.74 Å². The quantitative estimate of drug-likeness (QED) is 0.635. The van der Waals surface area contributed by atoms with Gasteiger partial charge in [0.1, 0.15) is 30.2 Å². The molecule has 5 atom stereocenters. The van der Waals surface area contributed by atoms with Crippen molar-refractivity contribution in [1.29, 1.82) is 0 Å². The van der Waals surface area contributed by atoms with Crippen molar-refractivity contribution < 1.29 is 25.4 Å². The molecule has 3 saturated heterocycles. The van der Waals surface area contributed by atoms with E-state index in [1.165, 1.54) is 6.20 Å².